The van der Waals surface area contributed by atoms with Gasteiger partial charge in [0.1, 0.15) is 0 Å². The molecule has 0 saturated heterocycles. The SMILES string of the molecule is Cn1[c](=[Pt])n(-c2cccc(N(c3cccc(Oc4cc(C(F)(F)F)ccn4)c3)c3c(-c4ccccc4)cccc3-c3ccccc3)c2)c2ccccc21. The first-order chi connectivity index (χ1) is 25.8. The summed E-state index contributed by atoms with van der Waals surface area (Å²) in [6.45, 7) is 0. The van der Waals surface area contributed by atoms with Crippen LogP contribution in [-0.4, -0.2) is 14.1 Å². The Morgan fingerprint density at radius 2 is 1.21 bits per heavy atom. The molecule has 8 aromatic rings. The van der Waals surface area contributed by atoms with Crippen LogP contribution in [0.3, 0.4) is 0 Å². The number of rotatable bonds is 8. The Morgan fingerprint density at radius 3 is 1.87 bits per heavy atom. The Bertz CT molecular complexity index is 2580. The number of nitrogens with zero attached hydrogens (tertiary/aromatic N) is 4. The molecular weight excluding hydrogens is 853 g/mol. The van der Waals surface area contributed by atoms with E-state index in [-0.39, 0.29) is 5.88 Å². The maximum absolute atomic E-state index is 13.6. The number of halogens is 3. The average molecular weight is 884 g/mol. The Kier molecular flexibility index (Phi) is 9.15. The average Bonchev–Trinajstić information content (AvgIpc) is 3.44. The van der Waals surface area contributed by atoms with Gasteiger partial charge in [-0.1, -0.05) is 0 Å². The summed E-state index contributed by atoms with van der Waals surface area (Å²) in [6.07, 6.45) is -3.42. The van der Waals surface area contributed by atoms with Gasteiger partial charge in [-0.05, 0) is 6.07 Å². The predicted molar refractivity (Wildman–Crippen MR) is 200 cm³/mol. The van der Waals surface area contributed by atoms with Crippen molar-refractivity contribution in [3.8, 4) is 39.6 Å². The molecule has 0 unspecified atom stereocenters. The molecule has 2 aromatic heterocycles. The van der Waals surface area contributed by atoms with Crippen molar-refractivity contribution < 1.29 is 37.3 Å². The molecule has 2 heterocycles. The summed E-state index contributed by atoms with van der Waals surface area (Å²) >= 11 is 2.36. The van der Waals surface area contributed by atoms with Gasteiger partial charge >= 0.3 is 286 Å². The number of pyridine rings is 1. The van der Waals surface area contributed by atoms with Gasteiger partial charge in [-0.3, -0.25) is 0 Å². The number of imidazole rings is 1. The van der Waals surface area contributed by atoms with Gasteiger partial charge in [0, 0.05) is 6.20 Å². The molecule has 9 heteroatoms. The molecule has 0 aliphatic heterocycles. The molecule has 8 rings (SSSR count). The summed E-state index contributed by atoms with van der Waals surface area (Å²) in [7, 11) is 2.06. The Labute approximate surface area is 315 Å². The predicted octanol–water partition coefficient (Wildman–Crippen LogP) is 12.1. The first kappa shape index (κ1) is 34.1. The molecule has 0 atom stereocenters. The molecule has 5 nitrogen and oxygen atoms in total. The maximum atomic E-state index is 13.6. The third-order valence-electron chi connectivity index (χ3n) is 9.05. The minimum atomic E-state index is -4.53. The summed E-state index contributed by atoms with van der Waals surface area (Å²) in [5, 5.41) is 0. The molecule has 0 saturated carbocycles. The second-order valence-electron chi connectivity index (χ2n) is 12.4. The van der Waals surface area contributed by atoms with E-state index >= 15 is 0 Å². The van der Waals surface area contributed by atoms with Crippen LogP contribution >= 0.6 is 0 Å². The van der Waals surface area contributed by atoms with Gasteiger partial charge in [-0.25, -0.2) is 0 Å². The minimum absolute atomic E-state index is 0.151. The van der Waals surface area contributed by atoms with E-state index in [0.29, 0.717) is 5.75 Å². The number of anilines is 3. The van der Waals surface area contributed by atoms with Crippen molar-refractivity contribution in [2.75, 3.05) is 4.90 Å². The van der Waals surface area contributed by atoms with Crippen LogP contribution in [0.4, 0.5) is 30.2 Å². The molecule has 0 amide bonds. The number of aryl methyl sites for hydroxylation is 1. The molecule has 6 aromatic carbocycles. The zero-order chi connectivity index (χ0) is 36.5. The molecule has 0 fully saturated rings. The van der Waals surface area contributed by atoms with E-state index in [9.17, 15) is 13.2 Å². The standard InChI is InChI=1S/C44H31F3N4O.Pt/c1-49-30-50(41-24-9-8-23-40(41)49)34-17-10-18-35(28-34)51(36-19-11-20-37(29-36)52-42-27-33(25-26-48-42)44(45,46)47)43-38(31-13-4-2-5-14-31)21-12-22-39(43)32-15-6-3-7-16-32;/h2-29H,1H3;. The van der Waals surface area contributed by atoms with Gasteiger partial charge in [0.25, 0.3) is 0 Å². The summed E-state index contributed by atoms with van der Waals surface area (Å²) in [6, 6.07) is 52.6. The van der Waals surface area contributed by atoms with Crippen molar-refractivity contribution in [3.05, 3.63) is 179 Å². The van der Waals surface area contributed by atoms with Crippen LogP contribution in [0.15, 0.2) is 170 Å². The topological polar surface area (TPSA) is 35.2 Å². The van der Waals surface area contributed by atoms with Crippen molar-refractivity contribution in [2.24, 2.45) is 7.05 Å². The molecule has 53 heavy (non-hydrogen) atoms. The first-order valence-electron chi connectivity index (χ1n) is 16.8. The molecule has 0 bridgehead atoms. The van der Waals surface area contributed by atoms with Gasteiger partial charge < -0.3 is 0 Å². The van der Waals surface area contributed by atoms with Gasteiger partial charge in [-0.15, -0.1) is 0 Å². The third-order valence-corrected chi connectivity index (χ3v) is 10.3. The summed E-state index contributed by atoms with van der Waals surface area (Å²) < 4.78 is 52.2. The number of hydrogen-bond acceptors (Lipinski definition) is 3. The van der Waals surface area contributed by atoms with E-state index in [2.05, 4.69) is 118 Å². The Hall–Kier alpha value is -5.98. The molecule has 0 aliphatic rings. The summed E-state index contributed by atoms with van der Waals surface area (Å²) in [4.78, 5) is 6.28. The number of alkyl halides is 3. The fraction of sp³-hybridized carbons (Fsp3) is 0.0455. The van der Waals surface area contributed by atoms with Crippen LogP contribution in [0.25, 0.3) is 39.0 Å². The van der Waals surface area contributed by atoms with E-state index in [4.69, 9.17) is 4.74 Å². The quantitative estimate of drug-likeness (QED) is 0.152. The van der Waals surface area contributed by atoms with Crippen LogP contribution in [0.2, 0.25) is 0 Å². The van der Waals surface area contributed by atoms with E-state index in [1.165, 1.54) is 0 Å². The Balaban J connectivity index is 1.37. The van der Waals surface area contributed by atoms with E-state index < -0.39 is 11.7 Å². The van der Waals surface area contributed by atoms with Crippen molar-refractivity contribution in [3.63, 3.8) is 0 Å². The molecule has 0 N–H and O–H groups in total. The molecule has 0 aliphatic carbocycles. The fourth-order valence-corrected chi connectivity index (χ4v) is 7.46. The van der Waals surface area contributed by atoms with Crippen LogP contribution < -0.4 is 9.64 Å². The van der Waals surface area contributed by atoms with E-state index in [0.717, 1.165) is 78.2 Å². The number of fused-ring (bicyclic) bond motifs is 1. The monoisotopic (exact) mass is 883 g/mol. The summed E-state index contributed by atoms with van der Waals surface area (Å²) in [5.41, 5.74) is 8.89. The van der Waals surface area contributed by atoms with Crippen LogP contribution in [0.1, 0.15) is 5.56 Å². The Morgan fingerprint density at radius 1 is 0.623 bits per heavy atom. The number of aromatic nitrogens is 3. The second-order valence-corrected chi connectivity index (χ2v) is 13.4. The number of para-hydroxylation sites is 3. The van der Waals surface area contributed by atoms with E-state index in [1.54, 1.807) is 6.07 Å². The van der Waals surface area contributed by atoms with Crippen molar-refractivity contribution in [1.82, 2.24) is 14.1 Å². The van der Waals surface area contributed by atoms with Gasteiger partial charge in [0.2, 0.25) is 0 Å². The third kappa shape index (κ3) is 6.74. The zero-order valence-corrected chi connectivity index (χ0v) is 30.6. The van der Waals surface area contributed by atoms with Crippen LogP contribution in [0, 0.1) is 3.80 Å². The molecular formula is C44H31F3N4OPt. The van der Waals surface area contributed by atoms with Crippen LogP contribution in [-0.2, 0) is 32.6 Å². The molecule has 0 radical (unpaired) electrons. The van der Waals surface area contributed by atoms with Crippen molar-refractivity contribution in [1.29, 1.82) is 0 Å². The summed E-state index contributed by atoms with van der Waals surface area (Å²) in [5.74, 6) is 0.189. The van der Waals surface area contributed by atoms with E-state index in [1.807, 2.05) is 72.8 Å². The van der Waals surface area contributed by atoms with Gasteiger partial charge in [-0.2, -0.15) is 13.2 Å². The zero-order valence-electron chi connectivity index (χ0n) is 28.3. The van der Waals surface area contributed by atoms with Gasteiger partial charge in [0.15, 0.2) is 0 Å². The number of benzene rings is 6. The fourth-order valence-electron chi connectivity index (χ4n) is 6.62. The number of hydrogen-bond donors (Lipinski definition) is 0. The van der Waals surface area contributed by atoms with Crippen molar-refractivity contribution >= 4 is 28.1 Å². The van der Waals surface area contributed by atoms with Crippen LogP contribution in [0.5, 0.6) is 11.6 Å². The molecule has 0 spiro atoms. The molecule has 264 valence electrons. The number of ether oxygens (including phenoxy) is 1. The first-order valence-corrected chi connectivity index (χ1v) is 18.0. The van der Waals surface area contributed by atoms with Crippen molar-refractivity contribution in [2.45, 2.75) is 6.18 Å². The van der Waals surface area contributed by atoms with Gasteiger partial charge in [0.05, 0.1) is 5.56 Å². The normalized spacial score (nSPS) is 11.5. The second kappa shape index (κ2) is 14.2.